The second-order valence-corrected chi connectivity index (χ2v) is 4.03. The normalized spacial score (nSPS) is 27.7. The van der Waals surface area contributed by atoms with E-state index >= 15 is 0 Å². The Labute approximate surface area is 105 Å². The van der Waals surface area contributed by atoms with E-state index in [-0.39, 0.29) is 6.61 Å². The quantitative estimate of drug-likeness (QED) is 0.798. The van der Waals surface area contributed by atoms with E-state index in [1.165, 1.54) is 7.11 Å². The Bertz CT molecular complexity index is 395. The lowest BCUT2D eigenvalue weighted by molar-refractivity contribution is -0.147. The fourth-order valence-corrected chi connectivity index (χ4v) is 1.76. The molecule has 1 fully saturated rings. The Balaban J connectivity index is 1.79. The molecule has 0 radical (unpaired) electrons. The minimum absolute atomic E-state index is 0.0357. The topological polar surface area (TPSA) is 44.8 Å². The average Bonchev–Trinajstić information content (AvgIpc) is 2.68. The number of hydrogen-bond acceptors (Lipinski definition) is 4. The van der Waals surface area contributed by atoms with Crippen LogP contribution in [-0.4, -0.2) is 38.1 Å². The number of Topliss-reactive ketones (excluding diaryl/α,β-unsaturated/α-hetero) is 1. The lowest BCUT2D eigenvalue weighted by Crippen LogP contribution is -2.26. The summed E-state index contributed by atoms with van der Waals surface area (Å²) in [4.78, 5) is 11.5. The van der Waals surface area contributed by atoms with Crippen molar-refractivity contribution in [2.45, 2.75) is 25.2 Å². The van der Waals surface area contributed by atoms with Crippen LogP contribution in [0.3, 0.4) is 0 Å². The highest BCUT2D eigenvalue weighted by molar-refractivity contribution is 5.89. The molecule has 4 nitrogen and oxygen atoms in total. The van der Waals surface area contributed by atoms with Gasteiger partial charge in [-0.25, -0.2) is 4.39 Å². The summed E-state index contributed by atoms with van der Waals surface area (Å²) in [5.74, 6) is -0.616. The van der Waals surface area contributed by atoms with Gasteiger partial charge in [-0.2, -0.15) is 0 Å². The molecule has 0 amide bonds. The molecule has 1 aromatic carbocycles. The molecular formula is C13H15FO4. The van der Waals surface area contributed by atoms with Gasteiger partial charge in [0, 0.05) is 7.11 Å². The van der Waals surface area contributed by atoms with E-state index in [1.807, 2.05) is 30.3 Å². The Kier molecular flexibility index (Phi) is 4.41. The number of carbonyl (C=O) groups excluding carboxylic acids is 1. The maximum atomic E-state index is 13.3. The molecule has 0 saturated carbocycles. The molecule has 3 atom stereocenters. The van der Waals surface area contributed by atoms with Crippen molar-refractivity contribution in [2.75, 3.05) is 13.7 Å². The Morgan fingerprint density at radius 2 is 2.06 bits per heavy atom. The summed E-state index contributed by atoms with van der Waals surface area (Å²) in [7, 11) is 1.30. The first-order valence-electron chi connectivity index (χ1n) is 5.70. The zero-order chi connectivity index (χ0) is 13.0. The summed E-state index contributed by atoms with van der Waals surface area (Å²) in [6, 6.07) is 9.52. The molecule has 0 aromatic heterocycles. The maximum absolute atomic E-state index is 13.3. The van der Waals surface area contributed by atoms with Gasteiger partial charge in [-0.15, -0.1) is 0 Å². The lowest BCUT2D eigenvalue weighted by Gasteiger charge is -2.11. The number of alkyl halides is 1. The molecule has 98 valence electrons. The van der Waals surface area contributed by atoms with Crippen LogP contribution in [0, 0.1) is 0 Å². The van der Waals surface area contributed by atoms with Gasteiger partial charge in [-0.3, -0.25) is 4.79 Å². The number of ketones is 1. The fourth-order valence-electron chi connectivity index (χ4n) is 1.76. The molecule has 0 aliphatic carbocycles. The molecule has 1 heterocycles. The van der Waals surface area contributed by atoms with Crippen molar-refractivity contribution in [3.8, 4) is 0 Å². The summed E-state index contributed by atoms with van der Waals surface area (Å²) in [5.41, 5.74) is 0.989. The van der Waals surface area contributed by atoms with E-state index in [1.54, 1.807) is 0 Å². The number of rotatable bonds is 5. The molecular weight excluding hydrogens is 239 g/mol. The minimum atomic E-state index is -1.72. The van der Waals surface area contributed by atoms with Crippen LogP contribution >= 0.6 is 0 Å². The summed E-state index contributed by atoms with van der Waals surface area (Å²) in [5, 5.41) is 0. The first-order valence-corrected chi connectivity index (χ1v) is 5.70. The summed E-state index contributed by atoms with van der Waals surface area (Å²) >= 11 is 0. The maximum Gasteiger partial charge on any atom is 0.211 e. The molecule has 1 saturated heterocycles. The molecule has 0 spiro atoms. The van der Waals surface area contributed by atoms with Gasteiger partial charge in [-0.05, 0) is 5.56 Å². The van der Waals surface area contributed by atoms with Gasteiger partial charge in [0.15, 0.2) is 6.29 Å². The van der Waals surface area contributed by atoms with Crippen LogP contribution in [0.1, 0.15) is 5.56 Å². The summed E-state index contributed by atoms with van der Waals surface area (Å²) in [6.07, 6.45) is -3.71. The van der Waals surface area contributed by atoms with Gasteiger partial charge in [0.1, 0.15) is 6.10 Å². The SMILES string of the molecule is CO[C@H]1O[C@H](COCc2ccccc2)C(=O)[C@@H]1F. The van der Waals surface area contributed by atoms with Gasteiger partial charge in [-0.1, -0.05) is 30.3 Å². The van der Waals surface area contributed by atoms with E-state index in [2.05, 4.69) is 0 Å². The van der Waals surface area contributed by atoms with Gasteiger partial charge >= 0.3 is 0 Å². The number of carbonyl (C=O) groups is 1. The third-order valence-electron chi connectivity index (χ3n) is 2.74. The third kappa shape index (κ3) is 2.93. The van der Waals surface area contributed by atoms with Crippen LogP contribution in [0.2, 0.25) is 0 Å². The molecule has 18 heavy (non-hydrogen) atoms. The Hall–Kier alpha value is -1.30. The first kappa shape index (κ1) is 13.1. The zero-order valence-electron chi connectivity index (χ0n) is 10.0. The number of hydrogen-bond donors (Lipinski definition) is 0. The standard InChI is InChI=1S/C13H15FO4/c1-16-13-11(14)12(15)10(18-13)8-17-7-9-5-3-2-4-6-9/h2-6,10-11,13H,7-8H2,1H3/t10-,11+,13+/m1/s1. The van der Waals surface area contributed by atoms with Crippen LogP contribution in [0.4, 0.5) is 4.39 Å². The van der Waals surface area contributed by atoms with Crippen LogP contribution in [0.25, 0.3) is 0 Å². The largest absolute Gasteiger partial charge is 0.374 e. The number of halogens is 1. The van der Waals surface area contributed by atoms with Gasteiger partial charge in [0.2, 0.25) is 12.0 Å². The van der Waals surface area contributed by atoms with Crippen LogP contribution < -0.4 is 0 Å². The smallest absolute Gasteiger partial charge is 0.211 e. The predicted octanol–water partition coefficient (Wildman–Crippen LogP) is 1.48. The van der Waals surface area contributed by atoms with Gasteiger partial charge in [0.05, 0.1) is 13.2 Å². The van der Waals surface area contributed by atoms with Gasteiger partial charge < -0.3 is 14.2 Å². The lowest BCUT2D eigenvalue weighted by atomic mass is 10.2. The van der Waals surface area contributed by atoms with Crippen molar-refractivity contribution < 1.29 is 23.4 Å². The van der Waals surface area contributed by atoms with Crippen LogP contribution in [0.5, 0.6) is 0 Å². The molecule has 0 N–H and O–H groups in total. The minimum Gasteiger partial charge on any atom is -0.374 e. The fraction of sp³-hybridized carbons (Fsp3) is 0.462. The summed E-state index contributed by atoms with van der Waals surface area (Å²) < 4.78 is 28.5. The zero-order valence-corrected chi connectivity index (χ0v) is 10.0. The number of ether oxygens (including phenoxy) is 3. The second-order valence-electron chi connectivity index (χ2n) is 4.03. The van der Waals surface area contributed by atoms with Crippen molar-refractivity contribution in [3.63, 3.8) is 0 Å². The van der Waals surface area contributed by atoms with Crippen molar-refractivity contribution in [2.24, 2.45) is 0 Å². The molecule has 1 aliphatic rings. The van der Waals surface area contributed by atoms with Crippen LogP contribution in [-0.2, 0) is 25.6 Å². The van der Waals surface area contributed by atoms with E-state index in [0.717, 1.165) is 5.56 Å². The van der Waals surface area contributed by atoms with Crippen molar-refractivity contribution in [1.82, 2.24) is 0 Å². The Morgan fingerprint density at radius 3 is 2.67 bits per heavy atom. The highest BCUT2D eigenvalue weighted by Gasteiger charge is 2.44. The second kappa shape index (κ2) is 6.04. The molecule has 0 unspecified atom stereocenters. The Morgan fingerprint density at radius 1 is 1.33 bits per heavy atom. The van der Waals surface area contributed by atoms with Gasteiger partial charge in [0.25, 0.3) is 0 Å². The number of methoxy groups -OCH3 is 1. The molecule has 1 aromatic rings. The van der Waals surface area contributed by atoms with Crippen LogP contribution in [0.15, 0.2) is 30.3 Å². The first-order chi connectivity index (χ1) is 8.72. The summed E-state index contributed by atoms with van der Waals surface area (Å²) in [6.45, 7) is 0.399. The average molecular weight is 254 g/mol. The molecule has 2 rings (SSSR count). The highest BCUT2D eigenvalue weighted by Crippen LogP contribution is 2.21. The van der Waals surface area contributed by atoms with Crippen molar-refractivity contribution in [1.29, 1.82) is 0 Å². The predicted molar refractivity (Wildman–Crippen MR) is 61.7 cm³/mol. The molecule has 1 aliphatic heterocycles. The van der Waals surface area contributed by atoms with Crippen molar-refractivity contribution in [3.05, 3.63) is 35.9 Å². The van der Waals surface area contributed by atoms with E-state index in [0.29, 0.717) is 6.61 Å². The van der Waals surface area contributed by atoms with E-state index in [4.69, 9.17) is 14.2 Å². The van der Waals surface area contributed by atoms with E-state index < -0.39 is 24.3 Å². The molecule has 0 bridgehead atoms. The molecule has 5 heteroatoms. The van der Waals surface area contributed by atoms with Crippen molar-refractivity contribution >= 4 is 5.78 Å². The monoisotopic (exact) mass is 254 g/mol. The number of benzene rings is 1. The third-order valence-corrected chi connectivity index (χ3v) is 2.74. The van der Waals surface area contributed by atoms with E-state index in [9.17, 15) is 9.18 Å². The highest BCUT2D eigenvalue weighted by atomic mass is 19.1.